The highest BCUT2D eigenvalue weighted by molar-refractivity contribution is 7.87. The van der Waals surface area contributed by atoms with Crippen molar-refractivity contribution in [3.05, 3.63) is 59.9 Å². The van der Waals surface area contributed by atoms with Crippen LogP contribution in [0.5, 0.6) is 0 Å². The summed E-state index contributed by atoms with van der Waals surface area (Å²) < 4.78 is 136. The highest BCUT2D eigenvalue weighted by Gasteiger charge is 2.25. The number of anilines is 3. The van der Waals surface area contributed by atoms with Gasteiger partial charge in [0.05, 0.1) is 16.3 Å². The topological polar surface area (TPSA) is 305 Å². The van der Waals surface area contributed by atoms with Crippen molar-refractivity contribution in [2.45, 2.75) is 19.6 Å². The highest BCUT2D eigenvalue weighted by atomic mass is 35.5. The van der Waals surface area contributed by atoms with Crippen LogP contribution in [0.4, 0.5) is 29.0 Å². The van der Waals surface area contributed by atoms with Gasteiger partial charge in [-0.1, -0.05) is 12.1 Å². The number of nitrogens with one attached hydrogen (secondary N) is 2. The van der Waals surface area contributed by atoms with Gasteiger partial charge in [-0.15, -0.1) is 10.2 Å². The molecule has 1 heterocycles. The van der Waals surface area contributed by atoms with Crippen LogP contribution >= 0.6 is 11.6 Å². The number of azo groups is 1. The van der Waals surface area contributed by atoms with Gasteiger partial charge in [-0.2, -0.15) is 48.6 Å². The van der Waals surface area contributed by atoms with Gasteiger partial charge in [0.25, 0.3) is 40.5 Å². The normalized spacial score (nSPS) is 13.0. The Morgan fingerprint density at radius 3 is 1.88 bits per heavy atom. The van der Waals surface area contributed by atoms with Crippen LogP contribution < -0.4 is 10.6 Å². The van der Waals surface area contributed by atoms with Gasteiger partial charge in [-0.05, 0) is 59.5 Å². The van der Waals surface area contributed by atoms with Gasteiger partial charge >= 0.3 is 0 Å². The minimum atomic E-state index is -5.20. The molecule has 5 rings (SSSR count). The average molecular weight is 760 g/mol. The number of nitrogens with zero attached hydrogens (tertiary/aromatic N) is 5. The largest absolute Gasteiger partial charge is 0.357 e. The fourth-order valence-electron chi connectivity index (χ4n) is 4.48. The summed E-state index contributed by atoms with van der Waals surface area (Å²) in [6, 6.07) is 8.71. The Labute approximate surface area is 275 Å². The van der Waals surface area contributed by atoms with Crippen molar-refractivity contribution < 1.29 is 51.9 Å². The third-order valence-corrected chi connectivity index (χ3v) is 10.1. The van der Waals surface area contributed by atoms with E-state index in [0.29, 0.717) is 18.2 Å². The van der Waals surface area contributed by atoms with E-state index >= 15 is 0 Å². The summed E-state index contributed by atoms with van der Waals surface area (Å²) in [6.45, 7) is 0. The van der Waals surface area contributed by atoms with E-state index < -0.39 is 76.5 Å². The minimum absolute atomic E-state index is 0.00141. The fourth-order valence-corrected chi connectivity index (χ4v) is 7.35. The van der Waals surface area contributed by atoms with Crippen LogP contribution in [0.2, 0.25) is 5.28 Å². The van der Waals surface area contributed by atoms with E-state index in [1.54, 1.807) is 0 Å². The van der Waals surface area contributed by atoms with Crippen molar-refractivity contribution >= 4 is 103 Å². The van der Waals surface area contributed by atoms with Crippen molar-refractivity contribution in [1.82, 2.24) is 15.0 Å². The third kappa shape index (κ3) is 7.18. The molecular formula is C24H18ClN7O12S4. The van der Waals surface area contributed by atoms with Crippen molar-refractivity contribution in [3.8, 4) is 0 Å². The van der Waals surface area contributed by atoms with Crippen LogP contribution in [0.25, 0.3) is 21.5 Å². The number of hydrogen-bond donors (Lipinski definition) is 6. The standard InChI is InChI=1S/C24H18ClN7O12S4/c1-26-23-28-22(25)29-24(30-23)27-16-6-5-15(13-3-2-4-18(21(13)16)46(36,37)38)31-32-17-10-14-11(8-20(17)48(42,43)44)7-12(45(33,34)35)9-19(14)47(39,40)41/h2-10H,1H3,(H,33,34,35)(H,36,37,38)(H,39,40,41)(H,42,43,44)(H2,26,27,28,29,30). The fraction of sp³-hybridized carbons (Fsp3) is 0.0417. The number of benzene rings is 4. The molecule has 0 spiro atoms. The lowest BCUT2D eigenvalue weighted by Gasteiger charge is -2.13. The van der Waals surface area contributed by atoms with Crippen LogP contribution in [0, 0.1) is 0 Å². The summed E-state index contributed by atoms with van der Waals surface area (Å²) in [4.78, 5) is 8.15. The van der Waals surface area contributed by atoms with Gasteiger partial charge in [0.1, 0.15) is 20.4 Å². The maximum Gasteiger partial charge on any atom is 0.296 e. The lowest BCUT2D eigenvalue weighted by molar-refractivity contribution is 0.479. The Morgan fingerprint density at radius 1 is 0.646 bits per heavy atom. The van der Waals surface area contributed by atoms with Gasteiger partial charge in [0, 0.05) is 23.2 Å². The summed E-state index contributed by atoms with van der Waals surface area (Å²) >= 11 is 5.93. The molecule has 0 atom stereocenters. The second-order valence-corrected chi connectivity index (χ2v) is 15.4. The van der Waals surface area contributed by atoms with Crippen LogP contribution in [-0.2, 0) is 40.5 Å². The molecule has 6 N–H and O–H groups in total. The molecule has 0 fully saturated rings. The molecule has 0 bridgehead atoms. The Hall–Kier alpha value is -4.46. The smallest absolute Gasteiger partial charge is 0.296 e. The third-order valence-electron chi connectivity index (χ3n) is 6.42. The van der Waals surface area contributed by atoms with Gasteiger partial charge in [0.2, 0.25) is 17.2 Å². The molecule has 252 valence electrons. The molecule has 0 saturated carbocycles. The summed E-state index contributed by atoms with van der Waals surface area (Å²) in [7, 11) is -18.8. The minimum Gasteiger partial charge on any atom is -0.357 e. The first-order chi connectivity index (χ1) is 22.2. The SMILES string of the molecule is CNc1nc(Cl)nc(Nc2ccc(N=Nc3cc4c(S(=O)(=O)O)cc(S(=O)(=O)O)cc4cc3S(=O)(=O)O)c3cccc(S(=O)(=O)O)c23)n1. The quantitative estimate of drug-likeness (QED) is 0.0913. The number of halogens is 1. The molecule has 24 heteroatoms. The van der Waals surface area contributed by atoms with Crippen LogP contribution in [0.15, 0.2) is 84.4 Å². The maximum absolute atomic E-state index is 12.4. The molecule has 0 aliphatic carbocycles. The molecule has 48 heavy (non-hydrogen) atoms. The monoisotopic (exact) mass is 759 g/mol. The van der Waals surface area contributed by atoms with E-state index in [1.807, 2.05) is 0 Å². The van der Waals surface area contributed by atoms with Gasteiger partial charge in [-0.25, -0.2) is 0 Å². The molecule has 0 amide bonds. The zero-order chi connectivity index (χ0) is 35.4. The first-order valence-corrected chi connectivity index (χ1v) is 18.7. The van der Waals surface area contributed by atoms with Gasteiger partial charge in [-0.3, -0.25) is 18.2 Å². The summed E-state index contributed by atoms with van der Waals surface area (Å²) in [6.07, 6.45) is 0. The molecular weight excluding hydrogens is 742 g/mol. The predicted molar refractivity (Wildman–Crippen MR) is 169 cm³/mol. The van der Waals surface area contributed by atoms with E-state index in [0.717, 1.165) is 12.1 Å². The van der Waals surface area contributed by atoms with E-state index in [9.17, 15) is 51.9 Å². The molecule has 0 radical (unpaired) electrons. The zero-order valence-electron chi connectivity index (χ0n) is 23.5. The average Bonchev–Trinajstić information content (AvgIpc) is 2.97. The first-order valence-electron chi connectivity index (χ1n) is 12.5. The van der Waals surface area contributed by atoms with Crippen molar-refractivity contribution in [3.63, 3.8) is 0 Å². The molecule has 5 aromatic rings. The van der Waals surface area contributed by atoms with Gasteiger partial charge in [0.15, 0.2) is 0 Å². The number of hydrogen-bond acceptors (Lipinski definition) is 15. The predicted octanol–water partition coefficient (Wildman–Crippen LogP) is 4.02. The van der Waals surface area contributed by atoms with E-state index in [-0.39, 0.29) is 39.3 Å². The Balaban J connectivity index is 1.76. The molecule has 1 aromatic heterocycles. The van der Waals surface area contributed by atoms with Crippen LogP contribution in [0.1, 0.15) is 0 Å². The molecule has 19 nitrogen and oxygen atoms in total. The summed E-state index contributed by atoms with van der Waals surface area (Å²) in [5, 5.41) is 11.9. The lowest BCUT2D eigenvalue weighted by Crippen LogP contribution is -2.05. The van der Waals surface area contributed by atoms with Crippen LogP contribution in [-0.4, -0.2) is 73.9 Å². The lowest BCUT2D eigenvalue weighted by atomic mass is 10.1. The zero-order valence-corrected chi connectivity index (χ0v) is 27.5. The second-order valence-electron chi connectivity index (χ2n) is 9.50. The van der Waals surface area contributed by atoms with E-state index in [4.69, 9.17) is 11.6 Å². The molecule has 0 saturated heterocycles. The van der Waals surface area contributed by atoms with Crippen LogP contribution in [0.3, 0.4) is 0 Å². The number of fused-ring (bicyclic) bond motifs is 2. The maximum atomic E-state index is 12.4. The van der Waals surface area contributed by atoms with Gasteiger partial charge < -0.3 is 10.6 Å². The summed E-state index contributed by atoms with van der Waals surface area (Å²) in [5.41, 5.74) is -0.850. The summed E-state index contributed by atoms with van der Waals surface area (Å²) in [5.74, 6) is -0.0838. The highest BCUT2D eigenvalue weighted by Crippen LogP contribution is 2.40. The Bertz CT molecular complexity index is 2660. The number of rotatable bonds is 9. The van der Waals surface area contributed by atoms with Crippen molar-refractivity contribution in [1.29, 1.82) is 0 Å². The van der Waals surface area contributed by atoms with Crippen molar-refractivity contribution in [2.24, 2.45) is 10.2 Å². The van der Waals surface area contributed by atoms with E-state index in [1.165, 1.54) is 31.3 Å². The van der Waals surface area contributed by atoms with E-state index in [2.05, 4.69) is 35.8 Å². The number of aromatic nitrogens is 3. The molecule has 0 aliphatic rings. The second kappa shape index (κ2) is 12.2. The Kier molecular flexibility index (Phi) is 8.87. The molecule has 4 aromatic carbocycles. The Morgan fingerprint density at radius 2 is 1.27 bits per heavy atom. The first kappa shape index (κ1) is 34.9. The van der Waals surface area contributed by atoms with Crippen molar-refractivity contribution in [2.75, 3.05) is 17.7 Å². The molecule has 0 aliphatic heterocycles. The molecule has 0 unspecified atom stereocenters.